The van der Waals surface area contributed by atoms with E-state index in [-0.39, 0.29) is 0 Å². The van der Waals surface area contributed by atoms with Crippen molar-refractivity contribution in [3.63, 3.8) is 0 Å². The highest BCUT2D eigenvalue weighted by Gasteiger charge is 2.27. The summed E-state index contributed by atoms with van der Waals surface area (Å²) in [6.07, 6.45) is -0.452. The summed E-state index contributed by atoms with van der Waals surface area (Å²) in [6, 6.07) is 16.8. The zero-order valence-corrected chi connectivity index (χ0v) is 10.8. The molecule has 0 saturated carbocycles. The molecular weight excluding hydrogens is 234 g/mol. The number of hydrogen-bond acceptors (Lipinski definition) is 1. The van der Waals surface area contributed by atoms with Crippen molar-refractivity contribution in [1.29, 1.82) is 0 Å². The molecule has 94 valence electrons. The fraction of sp³-hybridized carbons (Fsp3) is 0.176. The van der Waals surface area contributed by atoms with Crippen molar-refractivity contribution in [2.75, 3.05) is 0 Å². The van der Waals surface area contributed by atoms with Crippen molar-refractivity contribution < 1.29 is 5.11 Å². The third-order valence-corrected chi connectivity index (χ3v) is 4.03. The number of para-hydroxylation sites is 1. The van der Waals surface area contributed by atoms with E-state index in [0.717, 1.165) is 12.1 Å². The molecule has 0 aliphatic carbocycles. The van der Waals surface area contributed by atoms with Crippen molar-refractivity contribution in [2.24, 2.45) is 0 Å². The Hall–Kier alpha value is -2.06. The van der Waals surface area contributed by atoms with Crippen LogP contribution in [0.15, 0.2) is 48.5 Å². The van der Waals surface area contributed by atoms with Gasteiger partial charge in [0, 0.05) is 28.6 Å². The molecule has 0 spiro atoms. The van der Waals surface area contributed by atoms with E-state index in [4.69, 9.17) is 0 Å². The highest BCUT2D eigenvalue weighted by Crippen LogP contribution is 2.43. The second kappa shape index (κ2) is 3.72. The summed E-state index contributed by atoms with van der Waals surface area (Å²) in [6.45, 7) is 2.75. The second-order valence-electron chi connectivity index (χ2n) is 5.20. The first-order valence-corrected chi connectivity index (χ1v) is 6.65. The Morgan fingerprint density at radius 1 is 1.05 bits per heavy atom. The molecule has 4 rings (SSSR count). The summed E-state index contributed by atoms with van der Waals surface area (Å²) in [5.41, 5.74) is 6.05. The van der Waals surface area contributed by atoms with Gasteiger partial charge in [0.25, 0.3) is 0 Å². The van der Waals surface area contributed by atoms with Gasteiger partial charge >= 0.3 is 0 Å². The van der Waals surface area contributed by atoms with Crippen LogP contribution in [-0.2, 0) is 6.54 Å². The fourth-order valence-electron chi connectivity index (χ4n) is 3.27. The number of aliphatic hydroxyl groups excluding tert-OH is 1. The molecule has 1 N–H and O–H groups in total. The molecule has 0 amide bonds. The largest absolute Gasteiger partial charge is 0.389 e. The van der Waals surface area contributed by atoms with Gasteiger partial charge in [-0.1, -0.05) is 42.5 Å². The van der Waals surface area contributed by atoms with Gasteiger partial charge in [-0.25, -0.2) is 0 Å². The van der Waals surface area contributed by atoms with Gasteiger partial charge in [0.1, 0.15) is 0 Å². The molecule has 1 aliphatic rings. The lowest BCUT2D eigenvalue weighted by molar-refractivity contribution is 0.201. The summed E-state index contributed by atoms with van der Waals surface area (Å²) in [5.74, 6) is 0. The number of hydrogen-bond donors (Lipinski definition) is 1. The molecule has 2 aromatic carbocycles. The molecule has 1 atom stereocenters. The van der Waals surface area contributed by atoms with Crippen molar-refractivity contribution in [1.82, 2.24) is 4.57 Å². The summed E-state index contributed by atoms with van der Waals surface area (Å²) in [5, 5.41) is 11.4. The maximum atomic E-state index is 10.2. The fourth-order valence-corrected chi connectivity index (χ4v) is 3.27. The number of nitrogens with zero attached hydrogens (tertiary/aromatic N) is 1. The Balaban J connectivity index is 2.16. The van der Waals surface area contributed by atoms with E-state index in [1.165, 1.54) is 27.7 Å². The van der Waals surface area contributed by atoms with Crippen LogP contribution >= 0.6 is 0 Å². The first kappa shape index (κ1) is 10.8. The molecule has 1 aliphatic heterocycles. The minimum Gasteiger partial charge on any atom is -0.389 e. The first-order valence-electron chi connectivity index (χ1n) is 6.65. The van der Waals surface area contributed by atoms with Gasteiger partial charge in [-0.3, -0.25) is 0 Å². The standard InChI is InChI=1S/C17H15NO/c1-11(19)16-14-8-4-5-9-15(14)18-10-12-6-2-3-7-13(12)17(16)18/h2-9,11,19H,10H2,1H3. The topological polar surface area (TPSA) is 25.2 Å². The Kier molecular flexibility index (Phi) is 2.12. The molecule has 0 saturated heterocycles. The van der Waals surface area contributed by atoms with Crippen molar-refractivity contribution >= 4 is 10.9 Å². The van der Waals surface area contributed by atoms with Crippen LogP contribution < -0.4 is 0 Å². The van der Waals surface area contributed by atoms with Crippen molar-refractivity contribution in [2.45, 2.75) is 19.6 Å². The Morgan fingerprint density at radius 2 is 1.79 bits per heavy atom. The van der Waals surface area contributed by atoms with Gasteiger partial charge in [0.15, 0.2) is 0 Å². The number of aliphatic hydroxyl groups is 1. The van der Waals surface area contributed by atoms with Crippen molar-refractivity contribution in [3.8, 4) is 11.3 Å². The predicted octanol–water partition coefficient (Wildman–Crippen LogP) is 3.72. The lowest BCUT2D eigenvalue weighted by atomic mass is 9.99. The van der Waals surface area contributed by atoms with Crippen LogP contribution in [0.4, 0.5) is 0 Å². The Labute approximate surface area is 111 Å². The second-order valence-corrected chi connectivity index (χ2v) is 5.20. The van der Waals surface area contributed by atoms with Gasteiger partial charge in [0.2, 0.25) is 0 Å². The smallest absolute Gasteiger partial charge is 0.0789 e. The van der Waals surface area contributed by atoms with Crippen LogP contribution in [0.5, 0.6) is 0 Å². The van der Waals surface area contributed by atoms with Crippen LogP contribution in [0.1, 0.15) is 24.2 Å². The third kappa shape index (κ3) is 1.35. The van der Waals surface area contributed by atoms with E-state index >= 15 is 0 Å². The van der Waals surface area contributed by atoms with Crippen LogP contribution in [0.3, 0.4) is 0 Å². The summed E-state index contributed by atoms with van der Waals surface area (Å²) in [4.78, 5) is 0. The quantitative estimate of drug-likeness (QED) is 0.546. The number of rotatable bonds is 1. The number of fused-ring (bicyclic) bond motifs is 5. The highest BCUT2D eigenvalue weighted by atomic mass is 16.3. The monoisotopic (exact) mass is 249 g/mol. The molecule has 19 heavy (non-hydrogen) atoms. The minimum absolute atomic E-state index is 0.452. The van der Waals surface area contributed by atoms with E-state index in [0.29, 0.717) is 0 Å². The summed E-state index contributed by atoms with van der Waals surface area (Å²) < 4.78 is 2.32. The normalized spacial score (nSPS) is 14.4. The molecule has 3 aromatic rings. The maximum Gasteiger partial charge on any atom is 0.0789 e. The Bertz CT molecular complexity index is 783. The number of aromatic nitrogens is 1. The molecule has 1 unspecified atom stereocenters. The Morgan fingerprint density at radius 3 is 2.63 bits per heavy atom. The molecule has 1 aromatic heterocycles. The van der Waals surface area contributed by atoms with Crippen LogP contribution in [0.2, 0.25) is 0 Å². The molecule has 0 radical (unpaired) electrons. The molecule has 0 bridgehead atoms. The van der Waals surface area contributed by atoms with Gasteiger partial charge in [0.05, 0.1) is 11.8 Å². The molecule has 2 heteroatoms. The molecule has 2 heterocycles. The van der Waals surface area contributed by atoms with Gasteiger partial charge in [-0.05, 0) is 18.6 Å². The maximum absolute atomic E-state index is 10.2. The summed E-state index contributed by atoms with van der Waals surface area (Å²) >= 11 is 0. The average molecular weight is 249 g/mol. The van der Waals surface area contributed by atoms with E-state index in [2.05, 4.69) is 47.0 Å². The van der Waals surface area contributed by atoms with Crippen LogP contribution in [0, 0.1) is 0 Å². The zero-order chi connectivity index (χ0) is 13.0. The van der Waals surface area contributed by atoms with Crippen LogP contribution in [0.25, 0.3) is 22.2 Å². The SMILES string of the molecule is CC(O)c1c2n(c3ccccc13)Cc1ccccc1-2. The molecule has 2 nitrogen and oxygen atoms in total. The molecular formula is C17H15NO. The lowest BCUT2D eigenvalue weighted by Gasteiger charge is -2.07. The lowest BCUT2D eigenvalue weighted by Crippen LogP contribution is -1.93. The predicted molar refractivity (Wildman–Crippen MR) is 77.1 cm³/mol. The van der Waals surface area contributed by atoms with Gasteiger partial charge in [-0.15, -0.1) is 0 Å². The average Bonchev–Trinajstić information content (AvgIpc) is 2.93. The van der Waals surface area contributed by atoms with E-state index < -0.39 is 6.10 Å². The molecule has 0 fully saturated rings. The van der Waals surface area contributed by atoms with E-state index in [1.54, 1.807) is 0 Å². The minimum atomic E-state index is -0.452. The third-order valence-electron chi connectivity index (χ3n) is 4.03. The van der Waals surface area contributed by atoms with Gasteiger partial charge in [-0.2, -0.15) is 0 Å². The van der Waals surface area contributed by atoms with E-state index in [1.807, 2.05) is 13.0 Å². The van der Waals surface area contributed by atoms with Crippen LogP contribution in [-0.4, -0.2) is 9.67 Å². The van der Waals surface area contributed by atoms with E-state index in [9.17, 15) is 5.11 Å². The summed E-state index contributed by atoms with van der Waals surface area (Å²) in [7, 11) is 0. The number of benzene rings is 2. The van der Waals surface area contributed by atoms with Gasteiger partial charge < -0.3 is 9.67 Å². The highest BCUT2D eigenvalue weighted by molar-refractivity contribution is 5.94. The van der Waals surface area contributed by atoms with Crippen molar-refractivity contribution in [3.05, 3.63) is 59.7 Å². The zero-order valence-electron chi connectivity index (χ0n) is 10.8. The first-order chi connectivity index (χ1) is 9.27.